The molecule has 0 unspecified atom stereocenters. The van der Waals surface area contributed by atoms with Crippen molar-refractivity contribution < 1.29 is 0 Å². The summed E-state index contributed by atoms with van der Waals surface area (Å²) in [4.78, 5) is 8.63. The van der Waals surface area contributed by atoms with E-state index in [1.807, 2.05) is 11.6 Å². The molecule has 0 aromatic carbocycles. The Bertz CT molecular complexity index is 351. The molecule has 62 valence electrons. The Hall–Kier alpha value is -0.740. The highest BCUT2D eigenvalue weighted by Gasteiger charge is 2.04. The summed E-state index contributed by atoms with van der Waals surface area (Å²) >= 11 is 3.34. The first-order valence-electron chi connectivity index (χ1n) is 3.74. The lowest BCUT2D eigenvalue weighted by Gasteiger charge is -1.85. The minimum atomic E-state index is 1.01. The van der Waals surface area contributed by atoms with Crippen molar-refractivity contribution in [1.82, 2.24) is 9.97 Å². The van der Waals surface area contributed by atoms with Crippen molar-refractivity contribution in [2.75, 3.05) is 0 Å². The van der Waals surface area contributed by atoms with Gasteiger partial charge < -0.3 is 0 Å². The Labute approximate surface area is 78.9 Å². The molecule has 0 bridgehead atoms. The van der Waals surface area contributed by atoms with E-state index in [9.17, 15) is 0 Å². The number of hydrogen-bond donors (Lipinski definition) is 0. The van der Waals surface area contributed by atoms with Crippen LogP contribution in [0.3, 0.4) is 0 Å². The van der Waals surface area contributed by atoms with Gasteiger partial charge in [0.2, 0.25) is 0 Å². The molecule has 2 aromatic rings. The maximum Gasteiger partial charge on any atom is 0.142 e. The molecule has 2 nitrogen and oxygen atoms in total. The Kier molecular flexibility index (Phi) is 2.19. The van der Waals surface area contributed by atoms with Crippen molar-refractivity contribution in [3.63, 3.8) is 0 Å². The van der Waals surface area contributed by atoms with Gasteiger partial charge in [0.25, 0.3) is 0 Å². The number of hydrogen-bond acceptors (Lipinski definition) is 4. The monoisotopic (exact) mass is 196 g/mol. The number of rotatable bonds is 2. The molecule has 2 heterocycles. The average Bonchev–Trinajstić information content (AvgIpc) is 2.75. The average molecular weight is 196 g/mol. The van der Waals surface area contributed by atoms with Crippen LogP contribution < -0.4 is 0 Å². The van der Waals surface area contributed by atoms with Crippen LogP contribution in [-0.4, -0.2) is 9.97 Å². The second-order valence-corrected chi connectivity index (χ2v) is 4.15. The number of nitrogens with zero attached hydrogens (tertiary/aromatic N) is 2. The predicted molar refractivity (Wildman–Crippen MR) is 52.6 cm³/mol. The minimum Gasteiger partial charge on any atom is -0.243 e. The Morgan fingerprint density at radius 1 is 1.42 bits per heavy atom. The van der Waals surface area contributed by atoms with Crippen LogP contribution in [0.4, 0.5) is 0 Å². The molecule has 0 N–H and O–H groups in total. The van der Waals surface area contributed by atoms with Gasteiger partial charge >= 0.3 is 0 Å². The lowest BCUT2D eigenvalue weighted by atomic mass is 10.5. The molecule has 0 atom stereocenters. The number of aromatic nitrogens is 2. The van der Waals surface area contributed by atoms with Crippen LogP contribution in [0, 0.1) is 0 Å². The quantitative estimate of drug-likeness (QED) is 0.738. The second kappa shape index (κ2) is 3.33. The maximum absolute atomic E-state index is 4.44. The molecule has 0 saturated carbocycles. The van der Waals surface area contributed by atoms with Crippen molar-refractivity contribution in [1.29, 1.82) is 0 Å². The van der Waals surface area contributed by atoms with Gasteiger partial charge in [0.1, 0.15) is 10.7 Å². The standard InChI is InChI=1S/C8H8N2S2/c1-2-7-10-6(5-12-7)8-9-3-4-11-8/h3-5H,2H2,1H3. The first-order valence-corrected chi connectivity index (χ1v) is 5.50. The third-order valence-corrected chi connectivity index (χ3v) is 3.29. The fourth-order valence-corrected chi connectivity index (χ4v) is 2.32. The van der Waals surface area contributed by atoms with Crippen LogP contribution in [0.5, 0.6) is 0 Å². The van der Waals surface area contributed by atoms with Crippen molar-refractivity contribution in [3.8, 4) is 10.7 Å². The fourth-order valence-electron chi connectivity index (χ4n) is 0.921. The van der Waals surface area contributed by atoms with Crippen molar-refractivity contribution in [2.45, 2.75) is 13.3 Å². The lowest BCUT2D eigenvalue weighted by molar-refractivity contribution is 1.09. The van der Waals surface area contributed by atoms with Gasteiger partial charge in [-0.15, -0.1) is 22.7 Å². The molecule has 0 fully saturated rings. The summed E-state index contributed by atoms with van der Waals surface area (Å²) in [5.74, 6) is 0. The Morgan fingerprint density at radius 2 is 2.33 bits per heavy atom. The molecule has 0 radical (unpaired) electrons. The van der Waals surface area contributed by atoms with E-state index in [0.29, 0.717) is 0 Å². The van der Waals surface area contributed by atoms with Gasteiger partial charge in [0, 0.05) is 17.0 Å². The van der Waals surface area contributed by atoms with Crippen LogP contribution in [-0.2, 0) is 6.42 Å². The van der Waals surface area contributed by atoms with Gasteiger partial charge in [0.05, 0.1) is 5.01 Å². The van der Waals surface area contributed by atoms with Gasteiger partial charge in [-0.25, -0.2) is 9.97 Å². The molecular formula is C8H8N2S2. The van der Waals surface area contributed by atoms with Crippen molar-refractivity contribution in [2.24, 2.45) is 0 Å². The summed E-state index contributed by atoms with van der Waals surface area (Å²) < 4.78 is 0. The first-order chi connectivity index (χ1) is 5.90. The van der Waals surface area contributed by atoms with Gasteiger partial charge in [-0.3, -0.25) is 0 Å². The molecule has 12 heavy (non-hydrogen) atoms. The van der Waals surface area contributed by atoms with Crippen molar-refractivity contribution >= 4 is 22.7 Å². The zero-order valence-corrected chi connectivity index (χ0v) is 8.28. The Balaban J connectivity index is 2.35. The van der Waals surface area contributed by atoms with E-state index in [1.165, 1.54) is 5.01 Å². The minimum absolute atomic E-state index is 1.01. The van der Waals surface area contributed by atoms with Crippen LogP contribution in [0.15, 0.2) is 17.0 Å². The number of aryl methyl sites for hydroxylation is 1. The highest BCUT2D eigenvalue weighted by molar-refractivity contribution is 7.14. The molecule has 2 rings (SSSR count). The predicted octanol–water partition coefficient (Wildman–Crippen LogP) is 2.83. The van der Waals surface area contributed by atoms with Crippen LogP contribution in [0.1, 0.15) is 11.9 Å². The smallest absolute Gasteiger partial charge is 0.142 e. The number of thiazole rings is 2. The highest BCUT2D eigenvalue weighted by Crippen LogP contribution is 2.23. The SMILES string of the molecule is CCc1nc(-c2nccs2)cs1. The maximum atomic E-state index is 4.44. The second-order valence-electron chi connectivity index (χ2n) is 2.32. The third kappa shape index (κ3) is 1.40. The van der Waals surface area contributed by atoms with E-state index in [2.05, 4.69) is 22.3 Å². The summed E-state index contributed by atoms with van der Waals surface area (Å²) in [5.41, 5.74) is 1.02. The van der Waals surface area contributed by atoms with Crippen LogP contribution in [0.2, 0.25) is 0 Å². The molecule has 2 aromatic heterocycles. The summed E-state index contributed by atoms with van der Waals surface area (Å²) in [7, 11) is 0. The molecule has 0 aliphatic rings. The summed E-state index contributed by atoms with van der Waals surface area (Å²) in [6.07, 6.45) is 2.82. The molecule has 0 spiro atoms. The fraction of sp³-hybridized carbons (Fsp3) is 0.250. The topological polar surface area (TPSA) is 25.8 Å². The lowest BCUT2D eigenvalue weighted by Crippen LogP contribution is -1.78. The van der Waals surface area contributed by atoms with E-state index >= 15 is 0 Å². The summed E-state index contributed by atoms with van der Waals surface area (Å²) in [6.45, 7) is 2.12. The van der Waals surface area contributed by atoms with Crippen LogP contribution in [0.25, 0.3) is 10.7 Å². The summed E-state index contributed by atoms with van der Waals surface area (Å²) in [6, 6.07) is 0. The largest absolute Gasteiger partial charge is 0.243 e. The van der Waals surface area contributed by atoms with Gasteiger partial charge in [-0.05, 0) is 6.42 Å². The Morgan fingerprint density at radius 3 is 2.92 bits per heavy atom. The van der Waals surface area contributed by atoms with Gasteiger partial charge in [0.15, 0.2) is 0 Å². The normalized spacial score (nSPS) is 10.4. The highest BCUT2D eigenvalue weighted by atomic mass is 32.1. The molecule has 0 amide bonds. The van der Waals surface area contributed by atoms with E-state index in [-0.39, 0.29) is 0 Å². The molecule has 0 saturated heterocycles. The van der Waals surface area contributed by atoms with E-state index in [1.54, 1.807) is 22.7 Å². The van der Waals surface area contributed by atoms with E-state index in [0.717, 1.165) is 17.1 Å². The van der Waals surface area contributed by atoms with E-state index in [4.69, 9.17) is 0 Å². The third-order valence-electron chi connectivity index (χ3n) is 1.51. The van der Waals surface area contributed by atoms with Crippen molar-refractivity contribution in [3.05, 3.63) is 22.0 Å². The first kappa shape index (κ1) is 7.89. The zero-order valence-electron chi connectivity index (χ0n) is 6.65. The molecular weight excluding hydrogens is 188 g/mol. The van der Waals surface area contributed by atoms with Gasteiger partial charge in [-0.1, -0.05) is 6.92 Å². The van der Waals surface area contributed by atoms with E-state index < -0.39 is 0 Å². The molecule has 4 heteroatoms. The van der Waals surface area contributed by atoms with Crippen LogP contribution >= 0.6 is 22.7 Å². The van der Waals surface area contributed by atoms with Gasteiger partial charge in [-0.2, -0.15) is 0 Å². The molecule has 0 aliphatic heterocycles. The molecule has 0 aliphatic carbocycles. The summed E-state index contributed by atoms with van der Waals surface area (Å²) in [5, 5.41) is 6.24. The zero-order chi connectivity index (χ0) is 8.39.